The summed E-state index contributed by atoms with van der Waals surface area (Å²) >= 11 is 3.44. The number of hydrogen-bond acceptors (Lipinski definition) is 5. The van der Waals surface area contributed by atoms with Crippen molar-refractivity contribution in [1.29, 1.82) is 5.26 Å². The van der Waals surface area contributed by atoms with Gasteiger partial charge in [0.25, 0.3) is 11.5 Å². The van der Waals surface area contributed by atoms with E-state index in [9.17, 15) is 14.9 Å². The van der Waals surface area contributed by atoms with E-state index in [0.29, 0.717) is 15.7 Å². The topological polar surface area (TPSA) is 86.9 Å². The lowest BCUT2D eigenvalue weighted by Crippen LogP contribution is -2.30. The van der Waals surface area contributed by atoms with Gasteiger partial charge in [-0.3, -0.25) is 14.2 Å². The average molecular weight is 530 g/mol. The van der Waals surface area contributed by atoms with Gasteiger partial charge in [-0.25, -0.2) is 0 Å². The molecule has 0 atom stereocenters. The molecule has 2 N–H and O–H groups in total. The maximum Gasteiger partial charge on any atom is 0.277 e. The molecule has 0 aliphatic rings. The summed E-state index contributed by atoms with van der Waals surface area (Å²) in [5.74, 6) is 1.64. The molecule has 1 aromatic carbocycles. The van der Waals surface area contributed by atoms with E-state index in [2.05, 4.69) is 56.7 Å². The van der Waals surface area contributed by atoms with Gasteiger partial charge >= 0.3 is 0 Å². The van der Waals surface area contributed by atoms with Gasteiger partial charge in [-0.2, -0.15) is 5.26 Å². The van der Waals surface area contributed by atoms with Crippen LogP contribution in [0.15, 0.2) is 40.8 Å². The van der Waals surface area contributed by atoms with E-state index >= 15 is 0 Å². The molecule has 1 aromatic heterocycles. The molecule has 2 rings (SSSR count). The summed E-state index contributed by atoms with van der Waals surface area (Å²) in [4.78, 5) is 24.6. The molecule has 30 heavy (non-hydrogen) atoms. The minimum atomic E-state index is -0.631. The Bertz CT molecular complexity index is 1260. The lowest BCUT2D eigenvalue weighted by atomic mass is 10.1. The summed E-state index contributed by atoms with van der Waals surface area (Å²) in [6.07, 6.45) is 7.67. The number of hydrogen-bond donors (Lipinski definition) is 2. The summed E-state index contributed by atoms with van der Waals surface area (Å²) in [5, 5.41) is 14.8. The van der Waals surface area contributed by atoms with E-state index < -0.39 is 5.91 Å². The molecule has 8 heteroatoms. The van der Waals surface area contributed by atoms with Gasteiger partial charge < -0.3 is 10.6 Å². The Morgan fingerprint density at radius 2 is 2.23 bits per heavy atom. The Labute approximate surface area is 192 Å². The van der Waals surface area contributed by atoms with Crippen molar-refractivity contribution >= 4 is 57.0 Å². The van der Waals surface area contributed by atoms with E-state index in [-0.39, 0.29) is 17.7 Å². The van der Waals surface area contributed by atoms with Crippen LogP contribution in [0.25, 0.3) is 11.5 Å². The van der Waals surface area contributed by atoms with E-state index in [0.717, 1.165) is 27.9 Å². The number of terminal acetylenes is 1. The van der Waals surface area contributed by atoms with Crippen molar-refractivity contribution in [2.45, 2.75) is 19.9 Å². The third-order valence-corrected chi connectivity index (χ3v) is 5.43. The maximum atomic E-state index is 12.6. The molecule has 0 spiro atoms. The molecule has 0 aliphatic carbocycles. The van der Waals surface area contributed by atoms with Crippen LogP contribution in [0.1, 0.15) is 12.5 Å². The largest absolute Gasteiger partial charge is 0.355 e. The second kappa shape index (κ2) is 11.9. The van der Waals surface area contributed by atoms with Crippen molar-refractivity contribution < 1.29 is 4.79 Å². The number of thiazole rings is 1. The molecule has 0 radical (unpaired) electrons. The number of carbonyl (C=O) groups excluding carboxylic acids is 1. The first-order valence-electron chi connectivity index (χ1n) is 9.03. The van der Waals surface area contributed by atoms with Crippen LogP contribution in [0.5, 0.6) is 0 Å². The van der Waals surface area contributed by atoms with Crippen molar-refractivity contribution in [2.75, 3.05) is 16.3 Å². The molecule has 0 saturated carbocycles. The van der Waals surface area contributed by atoms with Crippen LogP contribution in [0, 0.1) is 23.7 Å². The number of nitriles is 1. The standard InChI is InChI=1S/C22H19IN4O2S/c1-3-11-26-21(28)17(15-24)14-20-27(4-2)22(29)19(30-20)9-12-25-18-7-5-6-16(13-18)8-10-23/h1,5-7,12-13,25H,4,8,10-11H2,2H3,(H,26,28). The van der Waals surface area contributed by atoms with Crippen molar-refractivity contribution in [3.63, 3.8) is 0 Å². The lowest BCUT2D eigenvalue weighted by Gasteiger charge is -2.02. The summed E-state index contributed by atoms with van der Waals surface area (Å²) in [5.41, 5.74) is 7.31. The molecule has 2 aromatic rings. The van der Waals surface area contributed by atoms with Gasteiger partial charge in [-0.1, -0.05) is 63.4 Å². The zero-order valence-electron chi connectivity index (χ0n) is 16.3. The van der Waals surface area contributed by atoms with E-state index in [1.54, 1.807) is 19.2 Å². The molecule has 6 nitrogen and oxygen atoms in total. The Kier molecular flexibility index (Phi) is 9.21. The second-order valence-electron chi connectivity index (χ2n) is 5.86. The highest BCUT2D eigenvalue weighted by Crippen LogP contribution is 2.11. The van der Waals surface area contributed by atoms with Gasteiger partial charge in [0.2, 0.25) is 0 Å². The van der Waals surface area contributed by atoms with Gasteiger partial charge in [0.05, 0.1) is 6.54 Å². The van der Waals surface area contributed by atoms with E-state index in [1.807, 2.05) is 18.2 Å². The first-order valence-corrected chi connectivity index (χ1v) is 11.4. The molecule has 152 valence electrons. The van der Waals surface area contributed by atoms with Gasteiger partial charge in [0.15, 0.2) is 5.57 Å². The van der Waals surface area contributed by atoms with Gasteiger partial charge in [-0.15, -0.1) is 6.42 Å². The molecular formula is C22H19IN4O2S. The first kappa shape index (κ1) is 23.3. The van der Waals surface area contributed by atoms with Gasteiger partial charge in [0, 0.05) is 22.9 Å². The number of aryl methyl sites for hydroxylation is 1. The number of amides is 1. The van der Waals surface area contributed by atoms with Crippen LogP contribution in [-0.2, 0) is 17.8 Å². The van der Waals surface area contributed by atoms with Crippen LogP contribution in [-0.4, -0.2) is 21.4 Å². The van der Waals surface area contributed by atoms with Crippen LogP contribution in [0.3, 0.4) is 0 Å². The number of halogens is 1. The highest BCUT2D eigenvalue weighted by molar-refractivity contribution is 14.1. The molecule has 1 heterocycles. The minimum Gasteiger partial charge on any atom is -0.355 e. The number of benzene rings is 1. The molecule has 1 amide bonds. The predicted octanol–water partition coefficient (Wildman–Crippen LogP) is 1.49. The van der Waals surface area contributed by atoms with Gasteiger partial charge in [-0.05, 0) is 31.0 Å². The highest BCUT2D eigenvalue weighted by Gasteiger charge is 2.08. The van der Waals surface area contributed by atoms with Crippen molar-refractivity contribution in [2.24, 2.45) is 0 Å². The Hall–Kier alpha value is -3.00. The molecule has 0 fully saturated rings. The summed E-state index contributed by atoms with van der Waals surface area (Å²) in [7, 11) is 0. The maximum absolute atomic E-state index is 12.6. The third kappa shape index (κ3) is 6.25. The molecule has 0 saturated heterocycles. The van der Waals surface area contributed by atoms with Crippen LogP contribution in [0.4, 0.5) is 5.69 Å². The molecular weight excluding hydrogens is 511 g/mol. The smallest absolute Gasteiger partial charge is 0.277 e. The number of rotatable bonds is 7. The Morgan fingerprint density at radius 3 is 2.90 bits per heavy atom. The fourth-order valence-electron chi connectivity index (χ4n) is 2.45. The van der Waals surface area contributed by atoms with E-state index in [4.69, 9.17) is 6.42 Å². The zero-order valence-corrected chi connectivity index (χ0v) is 19.3. The first-order chi connectivity index (χ1) is 14.5. The summed E-state index contributed by atoms with van der Waals surface area (Å²) < 4.78 is 3.19. The Balaban J connectivity index is 2.49. The average Bonchev–Trinajstić information content (AvgIpc) is 3.05. The van der Waals surface area contributed by atoms with Crippen LogP contribution >= 0.6 is 33.9 Å². The number of carbonyl (C=O) groups is 1. The Morgan fingerprint density at radius 1 is 1.43 bits per heavy atom. The van der Waals surface area contributed by atoms with Crippen molar-refractivity contribution in [1.82, 2.24) is 9.88 Å². The van der Waals surface area contributed by atoms with E-state index in [1.165, 1.54) is 10.1 Å². The highest BCUT2D eigenvalue weighted by atomic mass is 127. The van der Waals surface area contributed by atoms with Crippen molar-refractivity contribution in [3.8, 4) is 18.4 Å². The van der Waals surface area contributed by atoms with Gasteiger partial charge in [0.1, 0.15) is 15.3 Å². The fourth-order valence-corrected chi connectivity index (χ4v) is 4.06. The number of nitrogens with zero attached hydrogens (tertiary/aromatic N) is 2. The molecule has 0 aliphatic heterocycles. The third-order valence-electron chi connectivity index (χ3n) is 3.87. The SMILES string of the molecule is C#CCNC(=O)C(=C=c1sc(=C=CNc2cccc(CCI)c2)c(=O)n1CC)C#N. The number of nitrogens with one attached hydrogen (secondary N) is 2. The quantitative estimate of drug-likeness (QED) is 0.187. The van der Waals surface area contributed by atoms with Crippen molar-refractivity contribution in [3.05, 3.63) is 61.2 Å². The lowest BCUT2D eigenvalue weighted by molar-refractivity contribution is -0.116. The second-order valence-corrected chi connectivity index (χ2v) is 7.93. The van der Waals surface area contributed by atoms with Crippen LogP contribution < -0.4 is 25.4 Å². The fraction of sp³-hybridized carbons (Fsp3) is 0.227. The molecule has 0 bridgehead atoms. The normalized spacial score (nSPS) is 9.47. The zero-order chi connectivity index (χ0) is 21.9. The monoisotopic (exact) mass is 530 g/mol. The number of anilines is 1. The van der Waals surface area contributed by atoms with Crippen LogP contribution in [0.2, 0.25) is 0 Å². The number of alkyl halides is 1. The predicted molar refractivity (Wildman–Crippen MR) is 129 cm³/mol. The summed E-state index contributed by atoms with van der Waals surface area (Å²) in [6, 6.07) is 9.81. The summed E-state index contributed by atoms with van der Waals surface area (Å²) in [6.45, 7) is 2.17. The molecule has 0 unspecified atom stereocenters. The minimum absolute atomic E-state index is 0.00316. The number of aromatic nitrogens is 1.